The molecule has 0 radical (unpaired) electrons. The number of nitrogens with zero attached hydrogens (tertiary/aromatic N) is 5. The highest BCUT2D eigenvalue weighted by Gasteiger charge is 2.38. The Kier molecular flexibility index (Phi) is 6.45. The maximum Gasteiger partial charge on any atom is 0.196 e. The smallest absolute Gasteiger partial charge is 0.196 e. The molecule has 0 fully saturated rings. The first-order valence-electron chi connectivity index (χ1n) is 11.6. The monoisotopic (exact) mass is 515 g/mol. The molecule has 0 bridgehead atoms. The van der Waals surface area contributed by atoms with Gasteiger partial charge in [0.05, 0.1) is 11.4 Å². The molecule has 0 saturated carbocycles. The van der Waals surface area contributed by atoms with Crippen molar-refractivity contribution < 1.29 is 4.79 Å². The number of anilines is 1. The molecular formula is C28H26ClN5OS. The van der Waals surface area contributed by atoms with Crippen LogP contribution >= 0.6 is 23.4 Å². The van der Waals surface area contributed by atoms with Gasteiger partial charge in [0.15, 0.2) is 16.8 Å². The van der Waals surface area contributed by atoms with Crippen LogP contribution in [0, 0.1) is 6.92 Å². The van der Waals surface area contributed by atoms with Gasteiger partial charge in [-0.2, -0.15) is 0 Å². The van der Waals surface area contributed by atoms with Crippen LogP contribution in [0.4, 0.5) is 5.69 Å². The van der Waals surface area contributed by atoms with Gasteiger partial charge >= 0.3 is 0 Å². The summed E-state index contributed by atoms with van der Waals surface area (Å²) < 4.78 is 1.96. The number of carbonyl (C=O) groups is 1. The van der Waals surface area contributed by atoms with E-state index in [1.54, 1.807) is 18.5 Å². The molecule has 0 unspecified atom stereocenters. The SMILES string of the molecule is Cc1c(Cl)cccc1-n1c(SCC(=O)C=C2N(C)c3ccccc3C2(C)C)nnc1-c1ccncc1. The summed E-state index contributed by atoms with van der Waals surface area (Å²) in [6.07, 6.45) is 5.21. The minimum absolute atomic E-state index is 0.0190. The van der Waals surface area contributed by atoms with Crippen molar-refractivity contribution >= 4 is 34.8 Å². The molecule has 2 aromatic heterocycles. The first kappa shape index (κ1) is 24.3. The fourth-order valence-corrected chi connectivity index (χ4v) is 5.63. The highest BCUT2D eigenvalue weighted by Crippen LogP contribution is 2.46. The third kappa shape index (κ3) is 4.22. The first-order valence-corrected chi connectivity index (χ1v) is 13.0. The molecule has 0 saturated heterocycles. The second kappa shape index (κ2) is 9.56. The van der Waals surface area contributed by atoms with Crippen LogP contribution in [-0.4, -0.2) is 38.3 Å². The lowest BCUT2D eigenvalue weighted by Gasteiger charge is -2.23. The van der Waals surface area contributed by atoms with Gasteiger partial charge in [-0.3, -0.25) is 14.3 Å². The van der Waals surface area contributed by atoms with E-state index in [0.717, 1.165) is 28.2 Å². The van der Waals surface area contributed by atoms with Crippen molar-refractivity contribution in [2.24, 2.45) is 0 Å². The lowest BCUT2D eigenvalue weighted by Crippen LogP contribution is -2.24. The Bertz CT molecular complexity index is 1480. The molecule has 2 aromatic carbocycles. The molecule has 1 aliphatic heterocycles. The predicted octanol–water partition coefficient (Wildman–Crippen LogP) is 6.26. The summed E-state index contributed by atoms with van der Waals surface area (Å²) in [5.41, 5.74) is 5.75. The molecule has 3 heterocycles. The van der Waals surface area contributed by atoms with E-state index in [9.17, 15) is 4.79 Å². The van der Waals surface area contributed by atoms with Gasteiger partial charge in [-0.05, 0) is 48.4 Å². The standard InChI is InChI=1S/C28H26ClN5OS/c1-18-22(29)9-7-11-23(18)34-26(19-12-14-30-15-13-19)31-32-27(34)36-17-20(35)16-25-28(2,3)21-8-5-6-10-24(21)33(25)4/h5-16H,17H2,1-4H3. The maximum absolute atomic E-state index is 13.2. The van der Waals surface area contributed by atoms with Crippen molar-refractivity contribution in [3.05, 3.63) is 94.9 Å². The number of ketones is 1. The number of hydrogen-bond donors (Lipinski definition) is 0. The summed E-state index contributed by atoms with van der Waals surface area (Å²) in [4.78, 5) is 19.4. The van der Waals surface area contributed by atoms with Crippen LogP contribution in [-0.2, 0) is 10.2 Å². The van der Waals surface area contributed by atoms with Gasteiger partial charge in [0.2, 0.25) is 0 Å². The van der Waals surface area contributed by atoms with E-state index < -0.39 is 0 Å². The Labute approximate surface area is 220 Å². The molecule has 0 atom stereocenters. The second-order valence-electron chi connectivity index (χ2n) is 9.25. The minimum atomic E-state index is -0.252. The average molecular weight is 516 g/mol. The number of aromatic nitrogens is 4. The Morgan fingerprint density at radius 2 is 1.75 bits per heavy atom. The number of likely N-dealkylation sites (N-methyl/N-ethyl adjacent to an activating group) is 1. The summed E-state index contributed by atoms with van der Waals surface area (Å²) in [5.74, 6) is 0.923. The zero-order valence-electron chi connectivity index (χ0n) is 20.6. The van der Waals surface area contributed by atoms with Gasteiger partial charge in [-0.25, -0.2) is 0 Å². The zero-order valence-corrected chi connectivity index (χ0v) is 22.1. The topological polar surface area (TPSA) is 63.9 Å². The number of hydrogen-bond acceptors (Lipinski definition) is 6. The van der Waals surface area contributed by atoms with E-state index in [1.165, 1.54) is 17.3 Å². The molecule has 36 heavy (non-hydrogen) atoms. The summed E-state index contributed by atoms with van der Waals surface area (Å²) in [5, 5.41) is 10.2. The molecule has 6 nitrogen and oxygen atoms in total. The number of benzene rings is 2. The van der Waals surface area contributed by atoms with Crippen molar-refractivity contribution in [1.29, 1.82) is 0 Å². The van der Waals surface area contributed by atoms with E-state index in [0.29, 0.717) is 16.0 Å². The van der Waals surface area contributed by atoms with Crippen LogP contribution in [0.2, 0.25) is 5.02 Å². The highest BCUT2D eigenvalue weighted by molar-refractivity contribution is 7.99. The molecule has 4 aromatic rings. The number of carbonyl (C=O) groups excluding carboxylic acids is 1. The summed E-state index contributed by atoms with van der Waals surface area (Å²) >= 11 is 7.81. The van der Waals surface area contributed by atoms with Crippen molar-refractivity contribution in [2.45, 2.75) is 31.3 Å². The van der Waals surface area contributed by atoms with Crippen LogP contribution in [0.5, 0.6) is 0 Å². The van der Waals surface area contributed by atoms with Gasteiger partial charge in [-0.15, -0.1) is 10.2 Å². The third-order valence-electron chi connectivity index (χ3n) is 6.63. The molecule has 0 N–H and O–H groups in total. The number of pyridine rings is 1. The minimum Gasteiger partial charge on any atom is -0.347 e. The van der Waals surface area contributed by atoms with Crippen molar-refractivity contribution in [3.8, 4) is 17.1 Å². The van der Waals surface area contributed by atoms with Gasteiger partial charge in [0.25, 0.3) is 0 Å². The average Bonchev–Trinajstić information content (AvgIpc) is 3.38. The summed E-state index contributed by atoms with van der Waals surface area (Å²) in [7, 11) is 2.01. The van der Waals surface area contributed by atoms with Gasteiger partial charge < -0.3 is 4.90 Å². The zero-order chi connectivity index (χ0) is 25.4. The largest absolute Gasteiger partial charge is 0.347 e. The Morgan fingerprint density at radius 3 is 2.50 bits per heavy atom. The number of allylic oxidation sites excluding steroid dienone is 2. The van der Waals surface area contributed by atoms with Crippen molar-refractivity contribution in [2.75, 3.05) is 17.7 Å². The Morgan fingerprint density at radius 1 is 1.03 bits per heavy atom. The Balaban J connectivity index is 1.46. The van der Waals surface area contributed by atoms with Gasteiger partial charge in [0, 0.05) is 52.9 Å². The summed E-state index contributed by atoms with van der Waals surface area (Å²) in [6.45, 7) is 6.27. The molecule has 1 aliphatic rings. The van der Waals surface area contributed by atoms with Crippen LogP contribution in [0.1, 0.15) is 25.0 Å². The first-order chi connectivity index (χ1) is 17.3. The summed E-state index contributed by atoms with van der Waals surface area (Å²) in [6, 6.07) is 17.8. The number of thioether (sulfide) groups is 1. The third-order valence-corrected chi connectivity index (χ3v) is 7.99. The fourth-order valence-electron chi connectivity index (χ4n) is 4.70. The molecule has 0 aliphatic carbocycles. The molecule has 0 spiro atoms. The normalized spacial score (nSPS) is 15.4. The van der Waals surface area contributed by atoms with E-state index in [1.807, 2.05) is 61.0 Å². The van der Waals surface area contributed by atoms with E-state index in [2.05, 4.69) is 46.1 Å². The van der Waals surface area contributed by atoms with Gasteiger partial charge in [-0.1, -0.05) is 61.5 Å². The van der Waals surface area contributed by atoms with Crippen molar-refractivity contribution in [1.82, 2.24) is 19.7 Å². The lowest BCUT2D eigenvalue weighted by atomic mass is 9.83. The van der Waals surface area contributed by atoms with Crippen LogP contribution < -0.4 is 4.90 Å². The van der Waals surface area contributed by atoms with E-state index in [4.69, 9.17) is 11.6 Å². The molecule has 0 amide bonds. The number of halogens is 1. The van der Waals surface area contributed by atoms with Crippen molar-refractivity contribution in [3.63, 3.8) is 0 Å². The predicted molar refractivity (Wildman–Crippen MR) is 146 cm³/mol. The molecular weight excluding hydrogens is 490 g/mol. The second-order valence-corrected chi connectivity index (χ2v) is 10.6. The fraction of sp³-hybridized carbons (Fsp3) is 0.214. The number of fused-ring (bicyclic) bond motifs is 1. The van der Waals surface area contributed by atoms with Crippen LogP contribution in [0.15, 0.2) is 83.9 Å². The maximum atomic E-state index is 13.2. The highest BCUT2D eigenvalue weighted by atomic mass is 35.5. The lowest BCUT2D eigenvalue weighted by molar-refractivity contribution is -0.112. The van der Waals surface area contributed by atoms with E-state index >= 15 is 0 Å². The van der Waals surface area contributed by atoms with Crippen LogP contribution in [0.25, 0.3) is 17.1 Å². The number of para-hydroxylation sites is 1. The quantitative estimate of drug-likeness (QED) is 0.223. The molecule has 5 rings (SSSR count). The Hall–Kier alpha value is -3.42. The number of rotatable bonds is 6. The molecule has 8 heteroatoms. The van der Waals surface area contributed by atoms with Crippen LogP contribution in [0.3, 0.4) is 0 Å². The van der Waals surface area contributed by atoms with Gasteiger partial charge in [0.1, 0.15) is 0 Å². The van der Waals surface area contributed by atoms with E-state index in [-0.39, 0.29) is 17.0 Å². The molecule has 182 valence electrons.